The molecular formula is C24H27FN2O3. The van der Waals surface area contributed by atoms with Crippen LogP contribution in [0.4, 0.5) is 14.9 Å². The zero-order chi connectivity index (χ0) is 21.7. The quantitative estimate of drug-likeness (QED) is 0.512. The van der Waals surface area contributed by atoms with Crippen molar-refractivity contribution in [2.24, 2.45) is 0 Å². The van der Waals surface area contributed by atoms with Crippen LogP contribution in [0.2, 0.25) is 0 Å². The third-order valence-electron chi connectivity index (χ3n) is 4.43. The molecule has 0 aliphatic rings. The van der Waals surface area contributed by atoms with Gasteiger partial charge in [-0.15, -0.1) is 0 Å². The number of halogens is 1. The normalized spacial score (nSPS) is 12.4. The highest BCUT2D eigenvalue weighted by Crippen LogP contribution is 2.29. The number of alkyl halides is 1. The average Bonchev–Trinajstić information content (AvgIpc) is 2.71. The molecule has 30 heavy (non-hydrogen) atoms. The van der Waals surface area contributed by atoms with Gasteiger partial charge in [0.1, 0.15) is 29.6 Å². The Labute approximate surface area is 176 Å². The number of rotatable bonds is 6. The van der Waals surface area contributed by atoms with E-state index in [0.29, 0.717) is 23.4 Å². The summed E-state index contributed by atoms with van der Waals surface area (Å²) in [7, 11) is 0. The third kappa shape index (κ3) is 5.47. The molecule has 0 radical (unpaired) electrons. The van der Waals surface area contributed by atoms with Crippen molar-refractivity contribution in [3.05, 3.63) is 54.6 Å². The van der Waals surface area contributed by atoms with Crippen molar-refractivity contribution in [3.8, 4) is 17.0 Å². The smallest absolute Gasteiger partial charge is 0.412 e. The van der Waals surface area contributed by atoms with Crippen molar-refractivity contribution in [1.29, 1.82) is 0 Å². The number of ether oxygens (including phenoxy) is 2. The summed E-state index contributed by atoms with van der Waals surface area (Å²) in [6.07, 6.45) is -0.405. The Bertz CT molecular complexity index is 1010. The first kappa shape index (κ1) is 21.6. The standard InChI is InChI=1S/C24H27FN2O3/c1-5-19(15-25)29-21-8-6-7-17-11-14-20(27-22(17)21)16-9-12-18(13-10-16)26-23(28)30-24(2,3)4/h6-14,19H,5,15H2,1-4H3,(H,26,28). The van der Waals surface area contributed by atoms with Gasteiger partial charge in [0.25, 0.3) is 0 Å². The number of pyridine rings is 1. The molecule has 0 fully saturated rings. The first-order chi connectivity index (χ1) is 14.3. The van der Waals surface area contributed by atoms with Gasteiger partial charge < -0.3 is 9.47 Å². The number of aromatic nitrogens is 1. The fourth-order valence-electron chi connectivity index (χ4n) is 2.93. The van der Waals surface area contributed by atoms with E-state index in [2.05, 4.69) is 5.32 Å². The summed E-state index contributed by atoms with van der Waals surface area (Å²) in [6.45, 7) is 6.79. The second kappa shape index (κ2) is 9.11. The summed E-state index contributed by atoms with van der Waals surface area (Å²) in [4.78, 5) is 16.7. The molecule has 3 rings (SSSR count). The molecule has 3 aromatic rings. The van der Waals surface area contributed by atoms with Crippen LogP contribution in [0.3, 0.4) is 0 Å². The molecule has 0 saturated carbocycles. The molecular weight excluding hydrogens is 383 g/mol. The highest BCUT2D eigenvalue weighted by molar-refractivity contribution is 5.87. The topological polar surface area (TPSA) is 60.5 Å². The van der Waals surface area contributed by atoms with Crippen LogP contribution >= 0.6 is 0 Å². The first-order valence-electron chi connectivity index (χ1n) is 10.0. The minimum atomic E-state index is -0.558. The van der Waals surface area contributed by atoms with E-state index in [0.717, 1.165) is 16.6 Å². The lowest BCUT2D eigenvalue weighted by Crippen LogP contribution is -2.27. The number of amides is 1. The number of carbonyl (C=O) groups excluding carboxylic acids is 1. The molecule has 0 bridgehead atoms. The van der Waals surface area contributed by atoms with Gasteiger partial charge in [-0.1, -0.05) is 37.3 Å². The van der Waals surface area contributed by atoms with Gasteiger partial charge in [-0.3, -0.25) is 5.32 Å². The summed E-state index contributed by atoms with van der Waals surface area (Å²) in [5.74, 6) is 0.571. The molecule has 158 valence electrons. The Kier molecular flexibility index (Phi) is 6.55. The highest BCUT2D eigenvalue weighted by Gasteiger charge is 2.16. The molecule has 1 heterocycles. The number of nitrogens with zero attached hydrogens (tertiary/aromatic N) is 1. The number of hydrogen-bond acceptors (Lipinski definition) is 4. The van der Waals surface area contributed by atoms with Gasteiger partial charge in [0, 0.05) is 16.6 Å². The fraction of sp³-hybridized carbons (Fsp3) is 0.333. The van der Waals surface area contributed by atoms with Crippen LogP contribution in [0, 0.1) is 0 Å². The van der Waals surface area contributed by atoms with Gasteiger partial charge in [0.15, 0.2) is 0 Å². The molecule has 1 unspecified atom stereocenters. The van der Waals surface area contributed by atoms with E-state index >= 15 is 0 Å². The number of para-hydroxylation sites is 1. The molecule has 1 amide bonds. The summed E-state index contributed by atoms with van der Waals surface area (Å²) >= 11 is 0. The second-order valence-corrected chi connectivity index (χ2v) is 8.03. The van der Waals surface area contributed by atoms with Crippen LogP contribution in [-0.4, -0.2) is 29.5 Å². The number of benzene rings is 2. The van der Waals surface area contributed by atoms with E-state index in [9.17, 15) is 9.18 Å². The second-order valence-electron chi connectivity index (χ2n) is 8.03. The largest absolute Gasteiger partial charge is 0.485 e. The Hall–Kier alpha value is -3.15. The summed E-state index contributed by atoms with van der Waals surface area (Å²) < 4.78 is 24.2. The van der Waals surface area contributed by atoms with Crippen molar-refractivity contribution in [2.75, 3.05) is 12.0 Å². The number of hydrogen-bond donors (Lipinski definition) is 1. The van der Waals surface area contributed by atoms with E-state index in [4.69, 9.17) is 14.5 Å². The van der Waals surface area contributed by atoms with Crippen molar-refractivity contribution >= 4 is 22.7 Å². The molecule has 1 N–H and O–H groups in total. The van der Waals surface area contributed by atoms with Crippen molar-refractivity contribution in [1.82, 2.24) is 4.98 Å². The van der Waals surface area contributed by atoms with Gasteiger partial charge in [-0.05, 0) is 51.5 Å². The predicted molar refractivity (Wildman–Crippen MR) is 118 cm³/mol. The number of nitrogens with one attached hydrogen (secondary N) is 1. The van der Waals surface area contributed by atoms with Crippen molar-refractivity contribution in [2.45, 2.75) is 45.8 Å². The van der Waals surface area contributed by atoms with Gasteiger partial charge in [0.2, 0.25) is 0 Å². The minimum Gasteiger partial charge on any atom is -0.485 e. The van der Waals surface area contributed by atoms with Crippen LogP contribution in [0.25, 0.3) is 22.2 Å². The van der Waals surface area contributed by atoms with Crippen LogP contribution in [0.1, 0.15) is 34.1 Å². The first-order valence-corrected chi connectivity index (χ1v) is 10.0. The van der Waals surface area contributed by atoms with E-state index < -0.39 is 24.5 Å². The Morgan fingerprint density at radius 1 is 1.10 bits per heavy atom. The molecule has 1 aromatic heterocycles. The SMILES string of the molecule is CCC(CF)Oc1cccc2ccc(-c3ccc(NC(=O)OC(C)(C)C)cc3)nc12. The number of fused-ring (bicyclic) bond motifs is 1. The number of anilines is 1. The molecule has 1 atom stereocenters. The Balaban J connectivity index is 1.83. The molecule has 2 aromatic carbocycles. The maximum atomic E-state index is 13.1. The maximum Gasteiger partial charge on any atom is 0.412 e. The van der Waals surface area contributed by atoms with Gasteiger partial charge >= 0.3 is 6.09 Å². The van der Waals surface area contributed by atoms with E-state index in [1.165, 1.54) is 0 Å². The lowest BCUT2D eigenvalue weighted by atomic mass is 10.1. The lowest BCUT2D eigenvalue weighted by molar-refractivity contribution is 0.0636. The van der Waals surface area contributed by atoms with Crippen molar-refractivity contribution in [3.63, 3.8) is 0 Å². The fourth-order valence-corrected chi connectivity index (χ4v) is 2.93. The third-order valence-corrected chi connectivity index (χ3v) is 4.43. The van der Waals surface area contributed by atoms with E-state index in [1.54, 1.807) is 12.1 Å². The maximum absolute atomic E-state index is 13.1. The summed E-state index contributed by atoms with van der Waals surface area (Å²) in [5, 5.41) is 3.64. The molecule has 5 nitrogen and oxygen atoms in total. The van der Waals surface area contributed by atoms with Crippen molar-refractivity contribution < 1.29 is 18.7 Å². The molecule has 0 aliphatic heterocycles. The monoisotopic (exact) mass is 410 g/mol. The Morgan fingerprint density at radius 2 is 1.83 bits per heavy atom. The van der Waals surface area contributed by atoms with Crippen LogP contribution in [0.5, 0.6) is 5.75 Å². The van der Waals surface area contributed by atoms with Gasteiger partial charge in [0.05, 0.1) is 5.69 Å². The van der Waals surface area contributed by atoms with E-state index in [-0.39, 0.29) is 0 Å². The highest BCUT2D eigenvalue weighted by atomic mass is 19.1. The predicted octanol–water partition coefficient (Wildman–Crippen LogP) is 6.38. The average molecular weight is 410 g/mol. The Morgan fingerprint density at radius 3 is 2.47 bits per heavy atom. The van der Waals surface area contributed by atoms with Crippen LogP contribution in [-0.2, 0) is 4.74 Å². The summed E-state index contributed by atoms with van der Waals surface area (Å²) in [5.41, 5.74) is 2.41. The zero-order valence-corrected chi connectivity index (χ0v) is 17.7. The lowest BCUT2D eigenvalue weighted by Gasteiger charge is -2.19. The summed E-state index contributed by atoms with van der Waals surface area (Å²) in [6, 6.07) is 16.9. The number of carbonyl (C=O) groups is 1. The molecule has 6 heteroatoms. The van der Waals surface area contributed by atoms with Gasteiger partial charge in [-0.25, -0.2) is 14.2 Å². The minimum absolute atomic E-state index is 0.487. The zero-order valence-electron chi connectivity index (χ0n) is 17.7. The molecule has 0 spiro atoms. The van der Waals surface area contributed by atoms with E-state index in [1.807, 2.05) is 70.2 Å². The molecule has 0 aliphatic carbocycles. The van der Waals surface area contributed by atoms with Gasteiger partial charge in [-0.2, -0.15) is 0 Å². The van der Waals surface area contributed by atoms with Crippen LogP contribution < -0.4 is 10.1 Å². The molecule has 0 saturated heterocycles. The van der Waals surface area contributed by atoms with Crippen LogP contribution in [0.15, 0.2) is 54.6 Å².